The fraction of sp³-hybridized carbons (Fsp3) is 0.385. The summed E-state index contributed by atoms with van der Waals surface area (Å²) < 4.78 is 12.3. The van der Waals surface area contributed by atoms with Gasteiger partial charge in [0, 0.05) is 49.5 Å². The number of amides is 1. The minimum Gasteiger partial charge on any atom is -0.494 e. The van der Waals surface area contributed by atoms with Gasteiger partial charge in [0.15, 0.2) is 5.75 Å². The zero-order chi connectivity index (χ0) is 21.4. The molecule has 2 aromatic carbocycles. The van der Waals surface area contributed by atoms with Crippen molar-refractivity contribution in [2.24, 2.45) is 0 Å². The first-order chi connectivity index (χ1) is 15.1. The molecule has 3 heterocycles. The first-order valence-corrected chi connectivity index (χ1v) is 11.1. The van der Waals surface area contributed by atoms with Gasteiger partial charge in [0.25, 0.3) is 0 Å². The van der Waals surface area contributed by atoms with Gasteiger partial charge in [-0.1, -0.05) is 25.1 Å². The Bertz CT molecular complexity index is 1130. The van der Waals surface area contributed by atoms with Crippen LogP contribution in [-0.4, -0.2) is 41.6 Å². The van der Waals surface area contributed by atoms with Crippen LogP contribution in [-0.2, 0) is 11.2 Å². The Hall–Kier alpha value is -3.08. The summed E-state index contributed by atoms with van der Waals surface area (Å²) in [5.41, 5.74) is 4.14. The van der Waals surface area contributed by atoms with Gasteiger partial charge in [-0.3, -0.25) is 9.78 Å². The van der Waals surface area contributed by atoms with E-state index in [0.29, 0.717) is 6.42 Å². The van der Waals surface area contributed by atoms with Crippen LogP contribution in [0.4, 0.5) is 0 Å². The highest BCUT2D eigenvalue weighted by Gasteiger charge is 2.40. The predicted molar refractivity (Wildman–Crippen MR) is 122 cm³/mol. The molecule has 0 saturated carbocycles. The normalized spacial score (nSPS) is 17.3. The number of rotatable bonds is 3. The Morgan fingerprint density at radius 2 is 2.00 bits per heavy atom. The van der Waals surface area contributed by atoms with Gasteiger partial charge in [-0.2, -0.15) is 0 Å². The van der Waals surface area contributed by atoms with E-state index in [-0.39, 0.29) is 11.5 Å². The Balaban J connectivity index is 1.41. The van der Waals surface area contributed by atoms with E-state index in [2.05, 4.69) is 35.3 Å². The molecule has 1 fully saturated rings. The third-order valence-corrected chi connectivity index (χ3v) is 6.81. The van der Waals surface area contributed by atoms with Crippen LogP contribution in [0.25, 0.3) is 22.0 Å². The van der Waals surface area contributed by atoms with Crippen molar-refractivity contribution in [1.29, 1.82) is 0 Å². The van der Waals surface area contributed by atoms with Crippen LogP contribution in [0.2, 0.25) is 0 Å². The van der Waals surface area contributed by atoms with Crippen LogP contribution in [0.5, 0.6) is 11.5 Å². The maximum absolute atomic E-state index is 12.0. The van der Waals surface area contributed by atoms with Crippen molar-refractivity contribution < 1.29 is 14.3 Å². The Labute approximate surface area is 183 Å². The molecular formula is C26H28N2O3. The number of likely N-dealkylation sites (tertiary alicyclic amines) is 1. The number of carbonyl (C=O) groups excluding carboxylic acids is 1. The number of ether oxygens (including phenoxy) is 2. The van der Waals surface area contributed by atoms with E-state index in [1.165, 1.54) is 5.56 Å². The second-order valence-corrected chi connectivity index (χ2v) is 8.56. The lowest BCUT2D eigenvalue weighted by molar-refractivity contribution is -0.134. The number of methoxy groups -OCH3 is 1. The molecule has 1 spiro atoms. The molecule has 0 atom stereocenters. The molecule has 160 valence electrons. The molecule has 0 unspecified atom stereocenters. The van der Waals surface area contributed by atoms with Gasteiger partial charge in [0.2, 0.25) is 5.91 Å². The molecule has 3 aromatic rings. The number of carbonyl (C=O) groups is 1. The van der Waals surface area contributed by atoms with Crippen molar-refractivity contribution in [2.45, 2.75) is 44.6 Å². The fourth-order valence-electron chi connectivity index (χ4n) is 4.98. The lowest BCUT2D eigenvalue weighted by Crippen LogP contribution is -2.51. The summed E-state index contributed by atoms with van der Waals surface area (Å²) in [6, 6.07) is 14.6. The molecule has 1 saturated heterocycles. The molecule has 5 heteroatoms. The molecule has 5 nitrogen and oxygen atoms in total. The van der Waals surface area contributed by atoms with Crippen LogP contribution in [0.15, 0.2) is 48.7 Å². The van der Waals surface area contributed by atoms with E-state index in [1.807, 2.05) is 24.0 Å². The molecule has 0 radical (unpaired) electrons. The van der Waals surface area contributed by atoms with Gasteiger partial charge < -0.3 is 14.4 Å². The lowest BCUT2D eigenvalue weighted by atomic mass is 9.82. The summed E-state index contributed by atoms with van der Waals surface area (Å²) in [6.45, 7) is 3.51. The van der Waals surface area contributed by atoms with Crippen LogP contribution in [0.1, 0.15) is 38.2 Å². The largest absolute Gasteiger partial charge is 0.494 e. The fourth-order valence-corrected chi connectivity index (χ4v) is 4.98. The molecule has 2 aliphatic heterocycles. The van der Waals surface area contributed by atoms with E-state index in [9.17, 15) is 4.79 Å². The SMILES string of the molecule is CCC(=O)N1CCC2(CCc3cc(-c4ccc5cccnc5c4OC)ccc3O2)CC1. The van der Waals surface area contributed by atoms with Crippen LogP contribution < -0.4 is 9.47 Å². The quantitative estimate of drug-likeness (QED) is 0.602. The highest BCUT2D eigenvalue weighted by molar-refractivity contribution is 5.92. The first-order valence-electron chi connectivity index (χ1n) is 11.1. The van der Waals surface area contributed by atoms with E-state index in [0.717, 1.165) is 72.3 Å². The summed E-state index contributed by atoms with van der Waals surface area (Å²) >= 11 is 0. The van der Waals surface area contributed by atoms with Crippen molar-refractivity contribution in [3.63, 3.8) is 0 Å². The zero-order valence-electron chi connectivity index (χ0n) is 18.2. The topological polar surface area (TPSA) is 51.7 Å². The van der Waals surface area contributed by atoms with E-state index in [4.69, 9.17) is 9.47 Å². The standard InChI is InChI=1S/C26H28N2O3/c1-3-23(29)28-15-12-26(13-16-28)11-10-20-17-19(7-9-22(20)31-26)21-8-6-18-5-4-14-27-24(18)25(21)30-2/h4-9,14,17H,3,10-13,15-16H2,1-2H3. The number of piperidine rings is 1. The average molecular weight is 417 g/mol. The molecule has 0 aliphatic carbocycles. The summed E-state index contributed by atoms with van der Waals surface area (Å²) in [7, 11) is 1.70. The summed E-state index contributed by atoms with van der Waals surface area (Å²) in [6.07, 6.45) is 6.17. The summed E-state index contributed by atoms with van der Waals surface area (Å²) in [5, 5.41) is 1.07. The van der Waals surface area contributed by atoms with Crippen molar-refractivity contribution in [3.05, 3.63) is 54.2 Å². The van der Waals surface area contributed by atoms with Gasteiger partial charge >= 0.3 is 0 Å². The Morgan fingerprint density at radius 1 is 1.16 bits per heavy atom. The van der Waals surface area contributed by atoms with Gasteiger partial charge in [-0.25, -0.2) is 0 Å². The summed E-state index contributed by atoms with van der Waals surface area (Å²) in [4.78, 5) is 18.5. The van der Waals surface area contributed by atoms with Crippen LogP contribution >= 0.6 is 0 Å². The lowest BCUT2D eigenvalue weighted by Gasteiger charge is -2.44. The molecule has 0 bridgehead atoms. The molecule has 1 aromatic heterocycles. The van der Waals surface area contributed by atoms with E-state index in [1.54, 1.807) is 13.3 Å². The molecule has 5 rings (SSSR count). The van der Waals surface area contributed by atoms with Crippen LogP contribution in [0.3, 0.4) is 0 Å². The van der Waals surface area contributed by atoms with Crippen molar-refractivity contribution in [1.82, 2.24) is 9.88 Å². The Morgan fingerprint density at radius 3 is 2.77 bits per heavy atom. The maximum Gasteiger partial charge on any atom is 0.222 e. The van der Waals surface area contributed by atoms with E-state index >= 15 is 0 Å². The molecule has 0 N–H and O–H groups in total. The molecule has 1 amide bonds. The van der Waals surface area contributed by atoms with E-state index < -0.39 is 0 Å². The van der Waals surface area contributed by atoms with Gasteiger partial charge in [-0.05, 0) is 48.2 Å². The first kappa shape index (κ1) is 19.9. The Kier molecular flexibility index (Phi) is 5.05. The number of pyridine rings is 1. The zero-order valence-corrected chi connectivity index (χ0v) is 18.2. The van der Waals surface area contributed by atoms with Gasteiger partial charge in [0.1, 0.15) is 16.9 Å². The third kappa shape index (κ3) is 3.52. The van der Waals surface area contributed by atoms with Crippen LogP contribution in [0, 0.1) is 0 Å². The highest BCUT2D eigenvalue weighted by Crippen LogP contribution is 2.42. The number of hydrogen-bond donors (Lipinski definition) is 0. The summed E-state index contributed by atoms with van der Waals surface area (Å²) in [5.74, 6) is 2.02. The maximum atomic E-state index is 12.0. The molecule has 31 heavy (non-hydrogen) atoms. The number of fused-ring (bicyclic) bond motifs is 2. The number of benzene rings is 2. The smallest absolute Gasteiger partial charge is 0.222 e. The third-order valence-electron chi connectivity index (χ3n) is 6.81. The number of hydrogen-bond acceptors (Lipinski definition) is 4. The van der Waals surface area contributed by atoms with Crippen molar-refractivity contribution in [3.8, 4) is 22.6 Å². The van der Waals surface area contributed by atoms with Crippen molar-refractivity contribution in [2.75, 3.05) is 20.2 Å². The number of aromatic nitrogens is 1. The minimum atomic E-state index is -0.135. The highest BCUT2D eigenvalue weighted by atomic mass is 16.5. The average Bonchev–Trinajstić information content (AvgIpc) is 2.83. The predicted octanol–water partition coefficient (Wildman–Crippen LogP) is 5.01. The monoisotopic (exact) mass is 416 g/mol. The molecule has 2 aliphatic rings. The number of aryl methyl sites for hydroxylation is 1. The van der Waals surface area contributed by atoms with Gasteiger partial charge in [-0.15, -0.1) is 0 Å². The van der Waals surface area contributed by atoms with Crippen molar-refractivity contribution >= 4 is 16.8 Å². The molecular weight excluding hydrogens is 388 g/mol. The second-order valence-electron chi connectivity index (χ2n) is 8.56. The number of nitrogens with zero attached hydrogens (tertiary/aromatic N) is 2. The second kappa shape index (κ2) is 7.88. The minimum absolute atomic E-state index is 0.135. The van der Waals surface area contributed by atoms with Gasteiger partial charge in [0.05, 0.1) is 7.11 Å².